The van der Waals surface area contributed by atoms with Crippen LogP contribution in [0.25, 0.3) is 11.3 Å². The Kier molecular flexibility index (Phi) is 6.19. The van der Waals surface area contributed by atoms with Crippen molar-refractivity contribution in [2.75, 3.05) is 12.9 Å². The molecule has 3 nitrogen and oxygen atoms in total. The summed E-state index contributed by atoms with van der Waals surface area (Å²) in [6, 6.07) is 10.7. The number of hydrogen-bond donors (Lipinski definition) is 1. The van der Waals surface area contributed by atoms with Gasteiger partial charge in [0.1, 0.15) is 0 Å². The highest BCUT2D eigenvalue weighted by Crippen LogP contribution is 2.26. The van der Waals surface area contributed by atoms with Crippen LogP contribution in [0.3, 0.4) is 0 Å². The Morgan fingerprint density at radius 1 is 1.13 bits per heavy atom. The summed E-state index contributed by atoms with van der Waals surface area (Å²) in [5.74, 6) is 0. The van der Waals surface area contributed by atoms with Gasteiger partial charge in [-0.1, -0.05) is 50.7 Å². The number of rotatable bonds is 6. The molecule has 0 aliphatic rings. The summed E-state index contributed by atoms with van der Waals surface area (Å²) in [6.07, 6.45) is 4.54. The van der Waals surface area contributed by atoms with Crippen molar-refractivity contribution >= 4 is 11.8 Å². The van der Waals surface area contributed by atoms with E-state index >= 15 is 0 Å². The summed E-state index contributed by atoms with van der Waals surface area (Å²) in [4.78, 5) is 9.19. The third-order valence-corrected chi connectivity index (χ3v) is 4.04. The first-order valence-corrected chi connectivity index (χ1v) is 9.26. The zero-order valence-electron chi connectivity index (χ0n) is 14.5. The molecule has 0 bridgehead atoms. The standard InChI is InChI=1S/C19H26N2OS/c1-19(2,3)13-14-7-5-8-15(11-14)17-12-16(9-6-10-22)20-18(21-17)23-4/h5,7-8,11-12,22H,6,9-10,13H2,1-4H3. The van der Waals surface area contributed by atoms with E-state index in [-0.39, 0.29) is 12.0 Å². The van der Waals surface area contributed by atoms with Gasteiger partial charge in [-0.05, 0) is 48.6 Å². The summed E-state index contributed by atoms with van der Waals surface area (Å²) in [7, 11) is 0. The van der Waals surface area contributed by atoms with Crippen LogP contribution in [-0.2, 0) is 12.8 Å². The molecule has 0 fully saturated rings. The predicted octanol–water partition coefficient (Wildman–Crippen LogP) is 4.38. The molecular weight excluding hydrogens is 304 g/mol. The number of thioether (sulfide) groups is 1. The molecule has 1 N–H and O–H groups in total. The van der Waals surface area contributed by atoms with E-state index in [2.05, 4.69) is 55.0 Å². The molecule has 0 radical (unpaired) electrons. The zero-order valence-corrected chi connectivity index (χ0v) is 15.3. The van der Waals surface area contributed by atoms with Crippen LogP contribution in [0.4, 0.5) is 0 Å². The zero-order chi connectivity index (χ0) is 16.9. The molecular formula is C19H26N2OS. The van der Waals surface area contributed by atoms with Crippen LogP contribution in [0.2, 0.25) is 0 Å². The Balaban J connectivity index is 2.34. The number of aromatic nitrogens is 2. The highest BCUT2D eigenvalue weighted by atomic mass is 32.2. The fraction of sp³-hybridized carbons (Fsp3) is 0.474. The van der Waals surface area contributed by atoms with Gasteiger partial charge < -0.3 is 5.11 Å². The molecule has 2 aromatic rings. The second-order valence-electron chi connectivity index (χ2n) is 7.00. The highest BCUT2D eigenvalue weighted by Gasteiger charge is 2.12. The quantitative estimate of drug-likeness (QED) is 0.631. The molecule has 0 aliphatic heterocycles. The average Bonchev–Trinajstić information content (AvgIpc) is 2.51. The number of aryl methyl sites for hydroxylation is 1. The summed E-state index contributed by atoms with van der Waals surface area (Å²) >= 11 is 1.55. The Morgan fingerprint density at radius 2 is 1.91 bits per heavy atom. The normalized spacial score (nSPS) is 11.7. The molecule has 23 heavy (non-hydrogen) atoms. The predicted molar refractivity (Wildman–Crippen MR) is 97.8 cm³/mol. The summed E-state index contributed by atoms with van der Waals surface area (Å²) in [5, 5.41) is 9.82. The van der Waals surface area contributed by atoms with Gasteiger partial charge in [0.25, 0.3) is 0 Å². The molecule has 0 atom stereocenters. The van der Waals surface area contributed by atoms with Crippen molar-refractivity contribution < 1.29 is 5.11 Å². The van der Waals surface area contributed by atoms with Crippen molar-refractivity contribution in [3.8, 4) is 11.3 Å². The minimum absolute atomic E-state index is 0.189. The molecule has 1 heterocycles. The lowest BCUT2D eigenvalue weighted by Gasteiger charge is -2.18. The van der Waals surface area contributed by atoms with Crippen LogP contribution >= 0.6 is 11.8 Å². The lowest BCUT2D eigenvalue weighted by atomic mass is 9.87. The van der Waals surface area contributed by atoms with Gasteiger partial charge in [-0.25, -0.2) is 9.97 Å². The van der Waals surface area contributed by atoms with Gasteiger partial charge in [-0.3, -0.25) is 0 Å². The SMILES string of the molecule is CSc1nc(CCCO)cc(-c2cccc(CC(C)(C)C)c2)n1. The first kappa shape index (κ1) is 18.0. The van der Waals surface area contributed by atoms with Gasteiger partial charge in [0, 0.05) is 17.9 Å². The topological polar surface area (TPSA) is 46.0 Å². The van der Waals surface area contributed by atoms with Gasteiger partial charge in [-0.15, -0.1) is 0 Å². The van der Waals surface area contributed by atoms with Crippen LogP contribution in [0, 0.1) is 5.41 Å². The van der Waals surface area contributed by atoms with Crippen molar-refractivity contribution in [1.29, 1.82) is 0 Å². The van der Waals surface area contributed by atoms with Crippen LogP contribution in [0.15, 0.2) is 35.5 Å². The number of hydrogen-bond acceptors (Lipinski definition) is 4. The first-order valence-electron chi connectivity index (χ1n) is 8.03. The summed E-state index contributed by atoms with van der Waals surface area (Å²) < 4.78 is 0. The molecule has 1 aromatic carbocycles. The Hall–Kier alpha value is -1.39. The lowest BCUT2D eigenvalue weighted by molar-refractivity contribution is 0.288. The minimum atomic E-state index is 0.189. The van der Waals surface area contributed by atoms with Crippen molar-refractivity contribution in [2.24, 2.45) is 5.41 Å². The maximum Gasteiger partial charge on any atom is 0.188 e. The molecule has 0 spiro atoms. The number of benzene rings is 1. The summed E-state index contributed by atoms with van der Waals surface area (Å²) in [5.41, 5.74) is 4.69. The highest BCUT2D eigenvalue weighted by molar-refractivity contribution is 7.98. The second-order valence-corrected chi connectivity index (χ2v) is 7.77. The molecule has 0 amide bonds. The lowest BCUT2D eigenvalue weighted by Crippen LogP contribution is -2.09. The van der Waals surface area contributed by atoms with Crippen molar-refractivity contribution in [2.45, 2.75) is 45.2 Å². The largest absolute Gasteiger partial charge is 0.396 e. The van der Waals surface area contributed by atoms with Crippen LogP contribution in [0.1, 0.15) is 38.4 Å². The number of aliphatic hydroxyl groups excluding tert-OH is 1. The van der Waals surface area contributed by atoms with Gasteiger partial charge in [0.15, 0.2) is 5.16 Å². The van der Waals surface area contributed by atoms with Crippen LogP contribution < -0.4 is 0 Å². The summed E-state index contributed by atoms with van der Waals surface area (Å²) in [6.45, 7) is 6.95. The first-order chi connectivity index (χ1) is 10.9. The van der Waals surface area contributed by atoms with Crippen LogP contribution in [-0.4, -0.2) is 27.9 Å². The van der Waals surface area contributed by atoms with Gasteiger partial charge in [0.2, 0.25) is 0 Å². The molecule has 2 rings (SSSR count). The van der Waals surface area contributed by atoms with Gasteiger partial charge in [0.05, 0.1) is 5.69 Å². The van der Waals surface area contributed by atoms with E-state index < -0.39 is 0 Å². The fourth-order valence-corrected chi connectivity index (χ4v) is 2.95. The maximum atomic E-state index is 9.04. The molecule has 4 heteroatoms. The third kappa shape index (κ3) is 5.63. The number of aliphatic hydroxyl groups is 1. The Morgan fingerprint density at radius 3 is 2.57 bits per heavy atom. The number of nitrogens with zero attached hydrogens (tertiary/aromatic N) is 2. The third-order valence-electron chi connectivity index (χ3n) is 3.49. The minimum Gasteiger partial charge on any atom is -0.396 e. The van der Waals surface area contributed by atoms with E-state index in [0.29, 0.717) is 0 Å². The monoisotopic (exact) mass is 330 g/mol. The van der Waals surface area contributed by atoms with Crippen LogP contribution in [0.5, 0.6) is 0 Å². The smallest absolute Gasteiger partial charge is 0.188 e. The average molecular weight is 330 g/mol. The van der Waals surface area contributed by atoms with Gasteiger partial charge >= 0.3 is 0 Å². The van der Waals surface area contributed by atoms with Crippen molar-refractivity contribution in [3.05, 3.63) is 41.6 Å². The molecule has 0 saturated carbocycles. The second kappa shape index (κ2) is 7.93. The van der Waals surface area contributed by atoms with Gasteiger partial charge in [-0.2, -0.15) is 0 Å². The van der Waals surface area contributed by atoms with E-state index in [1.165, 1.54) is 5.56 Å². The van der Waals surface area contributed by atoms with Crippen molar-refractivity contribution in [1.82, 2.24) is 9.97 Å². The Bertz CT molecular complexity index is 650. The molecule has 0 unspecified atom stereocenters. The Labute approximate surface area is 143 Å². The molecule has 0 saturated heterocycles. The van der Waals surface area contributed by atoms with E-state index in [0.717, 1.165) is 41.4 Å². The van der Waals surface area contributed by atoms with E-state index in [4.69, 9.17) is 5.11 Å². The molecule has 124 valence electrons. The molecule has 0 aliphatic carbocycles. The van der Waals surface area contributed by atoms with E-state index in [9.17, 15) is 0 Å². The van der Waals surface area contributed by atoms with Crippen molar-refractivity contribution in [3.63, 3.8) is 0 Å². The maximum absolute atomic E-state index is 9.04. The van der Waals surface area contributed by atoms with E-state index in [1.807, 2.05) is 12.3 Å². The fourth-order valence-electron chi connectivity index (χ4n) is 2.55. The molecule has 1 aromatic heterocycles. The van der Waals surface area contributed by atoms with E-state index in [1.54, 1.807) is 11.8 Å².